The normalized spacial score (nSPS) is 20.7. The number of nitrogens with zero attached hydrogens (tertiary/aromatic N) is 1. The van der Waals surface area contributed by atoms with E-state index in [1.807, 2.05) is 17.7 Å². The molecule has 1 aromatic rings. The van der Waals surface area contributed by atoms with Crippen LogP contribution >= 0.6 is 11.8 Å². The van der Waals surface area contributed by atoms with Crippen molar-refractivity contribution in [3.05, 3.63) is 35.4 Å². The summed E-state index contributed by atoms with van der Waals surface area (Å²) in [6.07, 6.45) is 1.51. The van der Waals surface area contributed by atoms with Gasteiger partial charge in [0.05, 0.1) is 11.8 Å². The van der Waals surface area contributed by atoms with Crippen LogP contribution in [0.1, 0.15) is 11.7 Å². The Morgan fingerprint density at radius 2 is 2.16 bits per heavy atom. The van der Waals surface area contributed by atoms with Crippen molar-refractivity contribution in [3.63, 3.8) is 0 Å². The maximum atomic E-state index is 10.4. The molecule has 2 aliphatic heterocycles. The van der Waals surface area contributed by atoms with Gasteiger partial charge in [-0.1, -0.05) is 17.8 Å². The second-order valence-electron chi connectivity index (χ2n) is 4.89. The Labute approximate surface area is 117 Å². The van der Waals surface area contributed by atoms with Crippen molar-refractivity contribution in [2.75, 3.05) is 38.0 Å². The Balaban J connectivity index is 1.67. The molecule has 3 N–H and O–H groups in total. The lowest BCUT2D eigenvalue weighted by Gasteiger charge is -2.29. The van der Waals surface area contributed by atoms with E-state index >= 15 is 0 Å². The van der Waals surface area contributed by atoms with Gasteiger partial charge in [-0.25, -0.2) is 0 Å². The van der Waals surface area contributed by atoms with Crippen LogP contribution in [-0.4, -0.2) is 42.7 Å². The highest BCUT2D eigenvalue weighted by molar-refractivity contribution is 8.02. The zero-order chi connectivity index (χ0) is 13.1. The van der Waals surface area contributed by atoms with Crippen LogP contribution in [0.3, 0.4) is 0 Å². The molecule has 1 aromatic carbocycles. The van der Waals surface area contributed by atoms with Crippen LogP contribution in [0, 0.1) is 0 Å². The summed E-state index contributed by atoms with van der Waals surface area (Å²) in [5.41, 5.74) is 2.07. The Bertz CT molecular complexity index is 472. The fraction of sp³-hybridized carbons (Fsp3) is 0.429. The molecule has 1 saturated heterocycles. The minimum Gasteiger partial charge on any atom is -0.387 e. The van der Waals surface area contributed by atoms with Gasteiger partial charge in [0.25, 0.3) is 0 Å². The molecule has 102 valence electrons. The average Bonchev–Trinajstić information content (AvgIpc) is 2.48. The lowest BCUT2D eigenvalue weighted by Crippen LogP contribution is -2.44. The summed E-state index contributed by atoms with van der Waals surface area (Å²) in [7, 11) is 0. The fourth-order valence-electron chi connectivity index (χ4n) is 2.45. The molecule has 3 rings (SSSR count). The summed E-state index contributed by atoms with van der Waals surface area (Å²) >= 11 is 1.70. The molecule has 0 saturated carbocycles. The predicted molar refractivity (Wildman–Crippen MR) is 79.3 cm³/mol. The minimum absolute atomic E-state index is 0.416. The van der Waals surface area contributed by atoms with Crippen molar-refractivity contribution in [1.29, 1.82) is 0 Å². The van der Waals surface area contributed by atoms with E-state index < -0.39 is 6.10 Å². The van der Waals surface area contributed by atoms with E-state index in [2.05, 4.69) is 27.7 Å². The van der Waals surface area contributed by atoms with Crippen LogP contribution in [0.4, 0.5) is 5.69 Å². The van der Waals surface area contributed by atoms with Crippen molar-refractivity contribution in [2.45, 2.75) is 11.0 Å². The number of rotatable bonds is 3. The number of thioether (sulfide) groups is 1. The van der Waals surface area contributed by atoms with Crippen LogP contribution in [0.2, 0.25) is 0 Å². The quantitative estimate of drug-likeness (QED) is 0.784. The van der Waals surface area contributed by atoms with Crippen LogP contribution in [-0.2, 0) is 0 Å². The third-order valence-electron chi connectivity index (χ3n) is 3.53. The first-order chi connectivity index (χ1) is 9.33. The number of piperazine rings is 1. The molecule has 0 spiro atoms. The van der Waals surface area contributed by atoms with Gasteiger partial charge in [-0.3, -0.25) is 4.90 Å². The first-order valence-electron chi connectivity index (χ1n) is 6.66. The summed E-state index contributed by atoms with van der Waals surface area (Å²) in [5, 5.41) is 18.9. The van der Waals surface area contributed by atoms with E-state index in [-0.39, 0.29) is 0 Å². The molecule has 19 heavy (non-hydrogen) atoms. The van der Waals surface area contributed by atoms with Crippen LogP contribution in [0.25, 0.3) is 0 Å². The van der Waals surface area contributed by atoms with Crippen LogP contribution < -0.4 is 10.6 Å². The van der Waals surface area contributed by atoms with E-state index in [0.29, 0.717) is 6.54 Å². The summed E-state index contributed by atoms with van der Waals surface area (Å²) in [6, 6.07) is 6.16. The molecule has 0 aromatic heterocycles. The van der Waals surface area contributed by atoms with Gasteiger partial charge in [-0.2, -0.15) is 0 Å². The maximum Gasteiger partial charge on any atom is 0.0917 e. The van der Waals surface area contributed by atoms with Gasteiger partial charge in [-0.05, 0) is 23.1 Å². The predicted octanol–water partition coefficient (Wildman–Crippen LogP) is 1.61. The van der Waals surface area contributed by atoms with Gasteiger partial charge in [0.1, 0.15) is 0 Å². The average molecular weight is 277 g/mol. The molecule has 4 nitrogen and oxygen atoms in total. The largest absolute Gasteiger partial charge is 0.387 e. The fourth-order valence-corrected chi connectivity index (χ4v) is 3.12. The first kappa shape index (κ1) is 13.0. The highest BCUT2D eigenvalue weighted by atomic mass is 32.2. The monoisotopic (exact) mass is 277 g/mol. The van der Waals surface area contributed by atoms with Gasteiger partial charge in [-0.15, -0.1) is 0 Å². The van der Waals surface area contributed by atoms with Gasteiger partial charge >= 0.3 is 0 Å². The number of benzene rings is 1. The molecule has 1 fully saturated rings. The first-order valence-corrected chi connectivity index (χ1v) is 7.54. The number of anilines is 1. The van der Waals surface area contributed by atoms with Gasteiger partial charge < -0.3 is 15.7 Å². The number of aliphatic hydroxyl groups excluding tert-OH is 1. The maximum absolute atomic E-state index is 10.4. The van der Waals surface area contributed by atoms with E-state index in [9.17, 15) is 5.11 Å². The van der Waals surface area contributed by atoms with Crippen LogP contribution in [0.15, 0.2) is 34.7 Å². The zero-order valence-corrected chi connectivity index (χ0v) is 11.6. The van der Waals surface area contributed by atoms with E-state index in [1.54, 1.807) is 11.8 Å². The lowest BCUT2D eigenvalue weighted by atomic mass is 10.1. The number of aliphatic hydroxyl groups is 1. The van der Waals surface area contributed by atoms with Gasteiger partial charge in [0, 0.05) is 43.8 Å². The molecule has 0 aliphatic carbocycles. The summed E-state index contributed by atoms with van der Waals surface area (Å²) < 4.78 is 0. The summed E-state index contributed by atoms with van der Waals surface area (Å²) in [5.74, 6) is 0. The lowest BCUT2D eigenvalue weighted by molar-refractivity contribution is 0.105. The summed E-state index contributed by atoms with van der Waals surface area (Å²) in [6.45, 7) is 4.76. The molecule has 5 heteroatoms. The Hall–Kier alpha value is -1.01. The molecule has 0 radical (unpaired) electrons. The summed E-state index contributed by atoms with van der Waals surface area (Å²) in [4.78, 5) is 3.52. The highest BCUT2D eigenvalue weighted by Crippen LogP contribution is 2.33. The number of fused-ring (bicyclic) bond motifs is 1. The minimum atomic E-state index is -0.416. The van der Waals surface area contributed by atoms with Gasteiger partial charge in [0.2, 0.25) is 0 Å². The van der Waals surface area contributed by atoms with Crippen molar-refractivity contribution in [1.82, 2.24) is 10.2 Å². The smallest absolute Gasteiger partial charge is 0.0917 e. The highest BCUT2D eigenvalue weighted by Gasteiger charge is 2.17. The molecular formula is C14H19N3OS. The Morgan fingerprint density at radius 1 is 1.32 bits per heavy atom. The zero-order valence-electron chi connectivity index (χ0n) is 10.8. The van der Waals surface area contributed by atoms with Crippen LogP contribution in [0.5, 0.6) is 0 Å². The third-order valence-corrected chi connectivity index (χ3v) is 4.41. The number of hydrogen-bond donors (Lipinski definition) is 3. The Kier molecular flexibility index (Phi) is 4.08. The molecule has 2 heterocycles. The van der Waals surface area contributed by atoms with Crippen molar-refractivity contribution in [3.8, 4) is 0 Å². The standard InChI is InChI=1S/C14H19N3OS/c18-13(10-17-6-3-15-4-7-17)11-1-2-14-12(9-11)16-5-8-19-14/h1-2,5,8-9,13,15-16,18H,3-4,6-7,10H2. The van der Waals surface area contributed by atoms with Crippen molar-refractivity contribution < 1.29 is 5.11 Å². The number of hydrogen-bond acceptors (Lipinski definition) is 5. The van der Waals surface area contributed by atoms with Crippen molar-refractivity contribution in [2.24, 2.45) is 0 Å². The molecule has 0 bridgehead atoms. The number of β-amino-alcohol motifs (C(OH)–C–C–N with tert-alkyl or cyclic N) is 1. The molecule has 1 atom stereocenters. The molecule has 1 unspecified atom stereocenters. The van der Waals surface area contributed by atoms with Gasteiger partial charge in [0.15, 0.2) is 0 Å². The van der Waals surface area contributed by atoms with E-state index in [4.69, 9.17) is 0 Å². The molecular weight excluding hydrogens is 258 g/mol. The molecule has 2 aliphatic rings. The van der Waals surface area contributed by atoms with E-state index in [1.165, 1.54) is 4.90 Å². The second-order valence-corrected chi connectivity index (χ2v) is 5.83. The Morgan fingerprint density at radius 3 is 3.00 bits per heavy atom. The number of nitrogens with one attached hydrogen (secondary N) is 2. The second kappa shape index (κ2) is 5.96. The third kappa shape index (κ3) is 3.12. The SMILES string of the molecule is OC(CN1CCNCC1)c1ccc2c(c1)NC=CS2. The topological polar surface area (TPSA) is 47.5 Å². The van der Waals surface area contributed by atoms with E-state index in [0.717, 1.165) is 37.4 Å². The molecule has 0 amide bonds. The van der Waals surface area contributed by atoms with Crippen molar-refractivity contribution >= 4 is 17.4 Å².